The first-order valence-corrected chi connectivity index (χ1v) is 9.12. The first-order chi connectivity index (χ1) is 7.88. The Morgan fingerprint density at radius 3 is 2.12 bits per heavy atom. The Balaban J connectivity index is 2.81. The molecule has 1 aliphatic rings. The lowest BCUT2D eigenvalue weighted by atomic mass is 10.3. The van der Waals surface area contributed by atoms with Crippen molar-refractivity contribution in [2.45, 2.75) is 65.5 Å². The Bertz CT molecular complexity index is 285. The quantitative estimate of drug-likeness (QED) is 0.697. The van der Waals surface area contributed by atoms with E-state index < -0.39 is 14.1 Å². The second kappa shape index (κ2) is 5.44. The molecule has 0 aromatic heterocycles. The molecule has 4 heteroatoms. The minimum Gasteiger partial charge on any atom is -0.543 e. The molecule has 0 aromatic rings. The third-order valence-corrected chi connectivity index (χ3v) is 8.16. The maximum Gasteiger partial charge on any atom is 0.250 e. The zero-order chi connectivity index (χ0) is 13.1. The largest absolute Gasteiger partial charge is 0.543 e. The molecule has 1 aliphatic heterocycles. The summed E-state index contributed by atoms with van der Waals surface area (Å²) in [5, 5.41) is 0. The Morgan fingerprint density at radius 1 is 1.18 bits per heavy atom. The highest BCUT2D eigenvalue weighted by Crippen LogP contribution is 2.31. The summed E-state index contributed by atoms with van der Waals surface area (Å²) in [6.07, 6.45) is 0. The third kappa shape index (κ3) is 3.49. The fraction of sp³-hybridized carbons (Fsp3) is 0.846. The van der Waals surface area contributed by atoms with Gasteiger partial charge in [0.25, 0.3) is 0 Å². The van der Waals surface area contributed by atoms with E-state index in [1.807, 2.05) is 20.8 Å². The first kappa shape index (κ1) is 14.6. The van der Waals surface area contributed by atoms with E-state index in [0.717, 1.165) is 29.7 Å². The predicted octanol–water partition coefficient (Wildman–Crippen LogP) is 4.02. The van der Waals surface area contributed by atoms with Crippen molar-refractivity contribution in [1.29, 1.82) is 0 Å². The van der Waals surface area contributed by atoms with Gasteiger partial charge >= 0.3 is 0 Å². The number of allylic oxidation sites excluding steroid dienone is 1. The molecule has 0 saturated heterocycles. The Morgan fingerprint density at radius 2 is 1.71 bits per heavy atom. The second-order valence-electron chi connectivity index (χ2n) is 5.12. The van der Waals surface area contributed by atoms with Crippen LogP contribution >= 0.6 is 0 Å². The van der Waals surface area contributed by atoms with Gasteiger partial charge in [0.2, 0.25) is 14.1 Å². The number of hydrogen-bond donors (Lipinski definition) is 0. The molecule has 0 aromatic carbocycles. The van der Waals surface area contributed by atoms with Gasteiger partial charge in [-0.15, -0.1) is 0 Å². The highest BCUT2D eigenvalue weighted by molar-refractivity contribution is 6.73. The maximum absolute atomic E-state index is 6.30. The highest BCUT2D eigenvalue weighted by Gasteiger charge is 2.35. The Labute approximate surface area is 106 Å². The van der Waals surface area contributed by atoms with Crippen molar-refractivity contribution in [3.63, 3.8) is 0 Å². The van der Waals surface area contributed by atoms with Crippen LogP contribution in [-0.4, -0.2) is 20.7 Å². The van der Waals surface area contributed by atoms with Gasteiger partial charge in [-0.2, -0.15) is 0 Å². The summed E-state index contributed by atoms with van der Waals surface area (Å²) in [6.45, 7) is 13.0. The monoisotopic (exact) mass is 258 g/mol. The molecular formula is C13H26O3Si. The van der Waals surface area contributed by atoms with E-state index in [4.69, 9.17) is 13.9 Å². The molecule has 3 nitrogen and oxygen atoms in total. The minimum atomic E-state index is -1.61. The molecule has 0 N–H and O–H groups in total. The summed E-state index contributed by atoms with van der Waals surface area (Å²) in [4.78, 5) is 0. The standard InChI is InChI=1S/C13H26O3Si/c1-7-17(8-2,9-3)16-12-10-14-13(5,6)15-11(12)4/h7-10H2,1-6H3. The van der Waals surface area contributed by atoms with Gasteiger partial charge in [-0.1, -0.05) is 20.8 Å². The van der Waals surface area contributed by atoms with Crippen molar-refractivity contribution in [3.05, 3.63) is 11.5 Å². The molecular weight excluding hydrogens is 232 g/mol. The van der Waals surface area contributed by atoms with Crippen molar-refractivity contribution in [2.75, 3.05) is 6.61 Å². The van der Waals surface area contributed by atoms with Crippen molar-refractivity contribution < 1.29 is 13.9 Å². The van der Waals surface area contributed by atoms with Crippen LogP contribution in [0.4, 0.5) is 0 Å². The van der Waals surface area contributed by atoms with Crippen LogP contribution in [0.15, 0.2) is 11.5 Å². The molecule has 0 fully saturated rings. The van der Waals surface area contributed by atoms with Crippen molar-refractivity contribution >= 4 is 8.32 Å². The van der Waals surface area contributed by atoms with Crippen LogP contribution < -0.4 is 0 Å². The lowest BCUT2D eigenvalue weighted by Gasteiger charge is -2.37. The van der Waals surface area contributed by atoms with Crippen molar-refractivity contribution in [3.8, 4) is 0 Å². The molecule has 0 aliphatic carbocycles. The Kier molecular flexibility index (Phi) is 4.67. The molecule has 0 saturated carbocycles. The van der Waals surface area contributed by atoms with E-state index in [1.165, 1.54) is 0 Å². The minimum absolute atomic E-state index is 0.522. The van der Waals surface area contributed by atoms with Crippen LogP contribution in [0, 0.1) is 0 Å². The normalized spacial score (nSPS) is 20.1. The molecule has 0 spiro atoms. The van der Waals surface area contributed by atoms with Crippen LogP contribution in [0.1, 0.15) is 41.5 Å². The maximum atomic E-state index is 6.30. The van der Waals surface area contributed by atoms with Gasteiger partial charge < -0.3 is 13.9 Å². The summed E-state index contributed by atoms with van der Waals surface area (Å²) in [5.74, 6) is 1.27. The van der Waals surface area contributed by atoms with Gasteiger partial charge in [0.1, 0.15) is 18.1 Å². The average molecular weight is 258 g/mol. The van der Waals surface area contributed by atoms with E-state index in [1.54, 1.807) is 0 Å². The van der Waals surface area contributed by atoms with Crippen molar-refractivity contribution in [2.24, 2.45) is 0 Å². The molecule has 17 heavy (non-hydrogen) atoms. The fourth-order valence-corrected chi connectivity index (χ4v) is 4.78. The summed E-state index contributed by atoms with van der Waals surface area (Å²) >= 11 is 0. The second-order valence-corrected chi connectivity index (χ2v) is 9.81. The summed E-state index contributed by atoms with van der Waals surface area (Å²) in [6, 6.07) is 3.42. The van der Waals surface area contributed by atoms with Crippen LogP contribution in [-0.2, 0) is 13.9 Å². The first-order valence-electron chi connectivity index (χ1n) is 6.59. The summed E-state index contributed by atoms with van der Waals surface area (Å²) < 4.78 is 17.7. The molecule has 1 rings (SSSR count). The van der Waals surface area contributed by atoms with Crippen LogP contribution in [0.25, 0.3) is 0 Å². The molecule has 0 bridgehead atoms. The van der Waals surface area contributed by atoms with Crippen molar-refractivity contribution in [1.82, 2.24) is 0 Å². The van der Waals surface area contributed by atoms with Gasteiger partial charge in [0, 0.05) is 13.8 Å². The van der Waals surface area contributed by atoms with E-state index >= 15 is 0 Å². The zero-order valence-corrected chi connectivity index (χ0v) is 13.1. The molecule has 0 amide bonds. The fourth-order valence-electron chi connectivity index (χ4n) is 2.13. The summed E-state index contributed by atoms with van der Waals surface area (Å²) in [7, 11) is -1.61. The van der Waals surface area contributed by atoms with Crippen LogP contribution in [0.2, 0.25) is 18.1 Å². The number of rotatable bonds is 5. The molecule has 1 heterocycles. The zero-order valence-electron chi connectivity index (χ0n) is 12.1. The van der Waals surface area contributed by atoms with Gasteiger partial charge in [-0.3, -0.25) is 0 Å². The van der Waals surface area contributed by atoms with Gasteiger partial charge in [-0.25, -0.2) is 0 Å². The molecule has 0 unspecified atom stereocenters. The van der Waals surface area contributed by atoms with Crippen LogP contribution in [0.3, 0.4) is 0 Å². The van der Waals surface area contributed by atoms with E-state index in [2.05, 4.69) is 20.8 Å². The van der Waals surface area contributed by atoms with E-state index in [-0.39, 0.29) is 0 Å². The lowest BCUT2D eigenvalue weighted by Crippen LogP contribution is -2.40. The lowest BCUT2D eigenvalue weighted by molar-refractivity contribution is -0.207. The van der Waals surface area contributed by atoms with Gasteiger partial charge in [0.15, 0.2) is 0 Å². The Hall–Kier alpha value is -0.483. The smallest absolute Gasteiger partial charge is 0.250 e. The topological polar surface area (TPSA) is 27.7 Å². The third-order valence-electron chi connectivity index (χ3n) is 3.62. The number of hydrogen-bond acceptors (Lipinski definition) is 3. The van der Waals surface area contributed by atoms with E-state index in [0.29, 0.717) is 6.61 Å². The molecule has 0 radical (unpaired) electrons. The summed E-state index contributed by atoms with van der Waals surface area (Å²) in [5.41, 5.74) is 0. The SMILES string of the molecule is CC[Si](CC)(CC)OC1=C(C)OC(C)(C)OC1. The van der Waals surface area contributed by atoms with Gasteiger partial charge in [0.05, 0.1) is 0 Å². The average Bonchev–Trinajstić information content (AvgIpc) is 2.28. The molecule has 100 valence electrons. The number of ether oxygens (including phenoxy) is 2. The highest BCUT2D eigenvalue weighted by atomic mass is 28.4. The van der Waals surface area contributed by atoms with Crippen LogP contribution in [0.5, 0.6) is 0 Å². The molecule has 0 atom stereocenters. The van der Waals surface area contributed by atoms with Gasteiger partial charge in [-0.05, 0) is 25.1 Å². The predicted molar refractivity (Wildman–Crippen MR) is 72.1 cm³/mol. The van der Waals surface area contributed by atoms with E-state index in [9.17, 15) is 0 Å².